The van der Waals surface area contributed by atoms with Crippen molar-refractivity contribution in [3.63, 3.8) is 0 Å². The number of piperidine rings is 1. The van der Waals surface area contributed by atoms with Crippen LogP contribution in [0.3, 0.4) is 0 Å². The highest BCUT2D eigenvalue weighted by molar-refractivity contribution is 6.05. The van der Waals surface area contributed by atoms with Crippen LogP contribution in [-0.4, -0.2) is 38.8 Å². The van der Waals surface area contributed by atoms with E-state index in [-0.39, 0.29) is 11.8 Å². The molecule has 2 fully saturated rings. The summed E-state index contributed by atoms with van der Waals surface area (Å²) in [5.41, 5.74) is 2.23. The van der Waals surface area contributed by atoms with Gasteiger partial charge in [-0.15, -0.1) is 0 Å². The number of carbonyl (C=O) groups is 1. The second kappa shape index (κ2) is 5.53. The number of nitriles is 1. The molecular weight excluding hydrogens is 326 g/mol. The first-order valence-electron chi connectivity index (χ1n) is 9.13. The smallest absolute Gasteiger partial charge is 0.243 e. The molecule has 1 saturated carbocycles. The van der Waals surface area contributed by atoms with Crippen LogP contribution in [0.1, 0.15) is 37.2 Å². The molecule has 6 nitrogen and oxygen atoms in total. The second-order valence-corrected chi connectivity index (χ2v) is 7.44. The largest absolute Gasteiger partial charge is 0.346 e. The zero-order valence-corrected chi connectivity index (χ0v) is 14.4. The molecule has 1 saturated heterocycles. The van der Waals surface area contributed by atoms with Crippen LogP contribution in [0, 0.1) is 16.7 Å². The molecule has 0 radical (unpaired) electrons. The van der Waals surface area contributed by atoms with Crippen molar-refractivity contribution in [1.29, 1.82) is 5.26 Å². The molecule has 5 rings (SSSR count). The van der Waals surface area contributed by atoms with Crippen LogP contribution in [0.15, 0.2) is 30.7 Å². The number of rotatable bonds is 2. The van der Waals surface area contributed by atoms with Gasteiger partial charge in [0.2, 0.25) is 5.91 Å². The average Bonchev–Trinajstić information content (AvgIpc) is 3.35. The van der Waals surface area contributed by atoms with Gasteiger partial charge in [-0.05, 0) is 43.4 Å². The Morgan fingerprint density at radius 1 is 1.35 bits per heavy atom. The molecule has 1 N–H and O–H groups in total. The van der Waals surface area contributed by atoms with Crippen molar-refractivity contribution in [2.75, 3.05) is 13.1 Å². The van der Waals surface area contributed by atoms with Gasteiger partial charge < -0.3 is 9.88 Å². The Kier molecular flexibility index (Phi) is 3.26. The van der Waals surface area contributed by atoms with Gasteiger partial charge in [-0.3, -0.25) is 9.78 Å². The second-order valence-electron chi connectivity index (χ2n) is 7.44. The molecule has 2 aliphatic rings. The van der Waals surface area contributed by atoms with Crippen molar-refractivity contribution in [2.24, 2.45) is 5.41 Å². The lowest BCUT2D eigenvalue weighted by atomic mass is 9.87. The summed E-state index contributed by atoms with van der Waals surface area (Å²) in [4.78, 5) is 26.8. The minimum Gasteiger partial charge on any atom is -0.346 e. The Morgan fingerprint density at radius 3 is 3.04 bits per heavy atom. The molecule has 0 spiro atoms. The summed E-state index contributed by atoms with van der Waals surface area (Å²) >= 11 is 0. The molecule has 1 unspecified atom stereocenters. The lowest BCUT2D eigenvalue weighted by Crippen LogP contribution is -2.42. The molecule has 26 heavy (non-hydrogen) atoms. The van der Waals surface area contributed by atoms with E-state index in [4.69, 9.17) is 0 Å². The molecule has 0 aromatic carbocycles. The van der Waals surface area contributed by atoms with Gasteiger partial charge in [-0.25, -0.2) is 4.98 Å². The molecule has 4 heterocycles. The Morgan fingerprint density at radius 2 is 2.23 bits per heavy atom. The first kappa shape index (κ1) is 15.3. The lowest BCUT2D eigenvalue weighted by molar-refractivity contribution is -0.136. The van der Waals surface area contributed by atoms with E-state index in [2.05, 4.69) is 27.1 Å². The minimum atomic E-state index is -0.736. The summed E-state index contributed by atoms with van der Waals surface area (Å²) < 4.78 is 0. The third-order valence-electron chi connectivity index (χ3n) is 5.84. The quantitative estimate of drug-likeness (QED) is 0.773. The predicted octanol–water partition coefficient (Wildman–Crippen LogP) is 3.12. The van der Waals surface area contributed by atoms with Gasteiger partial charge in [-0.2, -0.15) is 5.26 Å². The molecule has 0 bridgehead atoms. The number of pyridine rings is 2. The predicted molar refractivity (Wildman–Crippen MR) is 97.2 cm³/mol. The van der Waals surface area contributed by atoms with E-state index in [9.17, 15) is 10.1 Å². The van der Waals surface area contributed by atoms with Crippen LogP contribution >= 0.6 is 0 Å². The van der Waals surface area contributed by atoms with E-state index in [1.807, 2.05) is 23.4 Å². The summed E-state index contributed by atoms with van der Waals surface area (Å²) in [5.74, 6) is 0.282. The maximum atomic E-state index is 12.8. The third kappa shape index (κ3) is 2.20. The van der Waals surface area contributed by atoms with Crippen molar-refractivity contribution in [3.05, 3.63) is 36.3 Å². The van der Waals surface area contributed by atoms with E-state index in [0.717, 1.165) is 41.3 Å². The van der Waals surface area contributed by atoms with Gasteiger partial charge in [-0.1, -0.05) is 0 Å². The topological polar surface area (TPSA) is 85.7 Å². The van der Waals surface area contributed by atoms with Crippen molar-refractivity contribution in [2.45, 2.75) is 31.6 Å². The highest BCUT2D eigenvalue weighted by Crippen LogP contribution is 2.47. The van der Waals surface area contributed by atoms with E-state index >= 15 is 0 Å². The summed E-state index contributed by atoms with van der Waals surface area (Å²) in [6.07, 6.45) is 8.94. The van der Waals surface area contributed by atoms with Crippen LogP contribution < -0.4 is 0 Å². The molecule has 6 heteroatoms. The Hall–Kier alpha value is -2.94. The average molecular weight is 345 g/mol. The van der Waals surface area contributed by atoms with Gasteiger partial charge >= 0.3 is 0 Å². The molecule has 3 aromatic heterocycles. The maximum absolute atomic E-state index is 12.8. The molecule has 1 aliphatic heterocycles. The van der Waals surface area contributed by atoms with Crippen molar-refractivity contribution in [3.8, 4) is 6.07 Å². The van der Waals surface area contributed by atoms with Gasteiger partial charge in [0.05, 0.1) is 17.8 Å². The SMILES string of the molecule is N#CC1(C(=O)N2CCCC(c3ccnc4cnc5[nH]ccc5c34)C2)CC1. The van der Waals surface area contributed by atoms with Crippen LogP contribution in [0.4, 0.5) is 0 Å². The number of H-pyrrole nitrogens is 1. The normalized spacial score (nSPS) is 21.7. The fraction of sp³-hybridized carbons (Fsp3) is 0.400. The molecule has 1 atom stereocenters. The zero-order chi connectivity index (χ0) is 17.7. The number of hydrogen-bond donors (Lipinski definition) is 1. The first-order valence-corrected chi connectivity index (χ1v) is 9.13. The number of fused-ring (bicyclic) bond motifs is 3. The molecule has 3 aromatic rings. The number of likely N-dealkylation sites (tertiary alicyclic amines) is 1. The standard InChI is InChI=1S/C20H19N5O/c21-12-20(5-6-20)19(26)25-9-1-2-13(11-25)14-3-7-22-16-10-24-18-15(17(14)16)4-8-23-18/h3-4,7-8,10,13H,1-2,5-6,9,11H2,(H,23,24). The van der Waals surface area contributed by atoms with Gasteiger partial charge in [0.25, 0.3) is 0 Å². The van der Waals surface area contributed by atoms with Crippen LogP contribution in [-0.2, 0) is 4.79 Å². The number of carbonyl (C=O) groups excluding carboxylic acids is 1. The molecule has 130 valence electrons. The maximum Gasteiger partial charge on any atom is 0.243 e. The molecule has 1 aliphatic carbocycles. The number of aromatic amines is 1. The van der Waals surface area contributed by atoms with Gasteiger partial charge in [0.1, 0.15) is 11.1 Å². The Balaban J connectivity index is 1.54. The lowest BCUT2D eigenvalue weighted by Gasteiger charge is -2.34. The van der Waals surface area contributed by atoms with E-state index in [1.165, 1.54) is 5.56 Å². The number of hydrogen-bond acceptors (Lipinski definition) is 4. The Bertz CT molecular complexity index is 1060. The number of nitrogens with zero attached hydrogens (tertiary/aromatic N) is 4. The minimum absolute atomic E-state index is 0.0246. The van der Waals surface area contributed by atoms with Gasteiger partial charge in [0, 0.05) is 42.2 Å². The van der Waals surface area contributed by atoms with Crippen LogP contribution in [0.2, 0.25) is 0 Å². The highest BCUT2D eigenvalue weighted by atomic mass is 16.2. The highest BCUT2D eigenvalue weighted by Gasteiger charge is 2.53. The zero-order valence-electron chi connectivity index (χ0n) is 14.4. The van der Waals surface area contributed by atoms with Crippen molar-refractivity contribution >= 4 is 27.8 Å². The third-order valence-corrected chi connectivity index (χ3v) is 5.84. The number of amides is 1. The summed E-state index contributed by atoms with van der Waals surface area (Å²) in [7, 11) is 0. The fourth-order valence-corrected chi connectivity index (χ4v) is 4.24. The summed E-state index contributed by atoms with van der Waals surface area (Å²) in [6, 6.07) is 6.35. The molecule has 1 amide bonds. The first-order chi connectivity index (χ1) is 12.7. The van der Waals surface area contributed by atoms with E-state index < -0.39 is 5.41 Å². The summed E-state index contributed by atoms with van der Waals surface area (Å²) in [6.45, 7) is 1.43. The summed E-state index contributed by atoms with van der Waals surface area (Å²) in [5, 5.41) is 11.6. The number of aromatic nitrogens is 3. The number of nitrogens with one attached hydrogen (secondary N) is 1. The Labute approximate surface area is 150 Å². The van der Waals surface area contributed by atoms with Gasteiger partial charge in [0.15, 0.2) is 0 Å². The monoisotopic (exact) mass is 345 g/mol. The van der Waals surface area contributed by atoms with E-state index in [1.54, 1.807) is 6.20 Å². The van der Waals surface area contributed by atoms with Crippen LogP contribution in [0.5, 0.6) is 0 Å². The van der Waals surface area contributed by atoms with Crippen molar-refractivity contribution < 1.29 is 4.79 Å². The molecular formula is C20H19N5O. The van der Waals surface area contributed by atoms with Crippen LogP contribution in [0.25, 0.3) is 21.9 Å². The fourth-order valence-electron chi connectivity index (χ4n) is 4.24. The van der Waals surface area contributed by atoms with E-state index in [0.29, 0.717) is 19.4 Å². The van der Waals surface area contributed by atoms with Crippen molar-refractivity contribution in [1.82, 2.24) is 19.9 Å².